The van der Waals surface area contributed by atoms with E-state index < -0.39 is 11.9 Å². The molecule has 1 amide bonds. The molecule has 0 radical (unpaired) electrons. The lowest BCUT2D eigenvalue weighted by Crippen LogP contribution is -2.15. The van der Waals surface area contributed by atoms with Crippen molar-refractivity contribution in [3.8, 4) is 0 Å². The molecule has 0 aliphatic heterocycles. The van der Waals surface area contributed by atoms with Gasteiger partial charge in [0.15, 0.2) is 0 Å². The van der Waals surface area contributed by atoms with Crippen molar-refractivity contribution in [3.63, 3.8) is 0 Å². The summed E-state index contributed by atoms with van der Waals surface area (Å²) in [6.07, 6.45) is 0. The summed E-state index contributed by atoms with van der Waals surface area (Å²) in [5.41, 5.74) is 0.772. The summed E-state index contributed by atoms with van der Waals surface area (Å²) in [4.78, 5) is 27.7. The maximum atomic E-state index is 12.2. The van der Waals surface area contributed by atoms with Crippen molar-refractivity contribution in [3.05, 3.63) is 57.8 Å². The van der Waals surface area contributed by atoms with E-state index in [0.29, 0.717) is 11.3 Å². The van der Waals surface area contributed by atoms with Crippen LogP contribution in [0.4, 0.5) is 5.69 Å². The molecule has 2 aromatic rings. The number of nitrogens with zero attached hydrogens (tertiary/aromatic N) is 1. The van der Waals surface area contributed by atoms with Crippen LogP contribution in [0.25, 0.3) is 0 Å². The first kappa shape index (κ1) is 16.3. The fourth-order valence-electron chi connectivity index (χ4n) is 1.71. The van der Waals surface area contributed by atoms with Crippen molar-refractivity contribution >= 4 is 40.8 Å². The van der Waals surface area contributed by atoms with Crippen LogP contribution in [0, 0.1) is 0 Å². The van der Waals surface area contributed by atoms with E-state index >= 15 is 0 Å². The molecule has 2 rings (SSSR count). The van der Waals surface area contributed by atoms with Crippen molar-refractivity contribution in [2.75, 3.05) is 11.9 Å². The quantitative estimate of drug-likeness (QED) is 0.679. The Balaban J connectivity index is 2.20. The number of halogens is 2. The maximum Gasteiger partial charge on any atom is 0.338 e. The zero-order chi connectivity index (χ0) is 16.1. The van der Waals surface area contributed by atoms with Crippen LogP contribution in [0.1, 0.15) is 27.8 Å². The van der Waals surface area contributed by atoms with Gasteiger partial charge in [-0.1, -0.05) is 29.3 Å². The maximum absolute atomic E-state index is 12.2. The van der Waals surface area contributed by atoms with Gasteiger partial charge < -0.3 is 10.1 Å². The molecule has 114 valence electrons. The van der Waals surface area contributed by atoms with Crippen LogP contribution in [0.3, 0.4) is 0 Å². The minimum atomic E-state index is -0.520. The topological polar surface area (TPSA) is 68.3 Å². The Kier molecular flexibility index (Phi) is 5.35. The first-order valence-corrected chi connectivity index (χ1v) is 7.17. The number of anilines is 1. The summed E-state index contributed by atoms with van der Waals surface area (Å²) in [7, 11) is 0. The predicted octanol–water partition coefficient (Wildman–Crippen LogP) is 3.82. The van der Waals surface area contributed by atoms with Crippen LogP contribution in [-0.2, 0) is 4.74 Å². The Hall–Kier alpha value is -2.11. The van der Waals surface area contributed by atoms with Crippen molar-refractivity contribution < 1.29 is 14.3 Å². The van der Waals surface area contributed by atoms with E-state index in [1.165, 1.54) is 18.2 Å². The minimum Gasteiger partial charge on any atom is -0.462 e. The van der Waals surface area contributed by atoms with Crippen LogP contribution >= 0.6 is 23.2 Å². The number of nitrogens with one attached hydrogen (secondary N) is 1. The van der Waals surface area contributed by atoms with E-state index in [9.17, 15) is 9.59 Å². The number of aromatic nitrogens is 1. The third kappa shape index (κ3) is 3.96. The van der Waals surface area contributed by atoms with Gasteiger partial charge in [-0.2, -0.15) is 0 Å². The molecule has 0 atom stereocenters. The molecular formula is C15H12Cl2N2O3. The van der Waals surface area contributed by atoms with Crippen molar-refractivity contribution in [2.45, 2.75) is 6.92 Å². The molecule has 1 N–H and O–H groups in total. The molecular weight excluding hydrogens is 327 g/mol. The van der Waals surface area contributed by atoms with Gasteiger partial charge in [0.05, 0.1) is 17.2 Å². The van der Waals surface area contributed by atoms with Gasteiger partial charge in [-0.15, -0.1) is 0 Å². The molecule has 0 unspecified atom stereocenters. The molecule has 0 spiro atoms. The number of ether oxygens (including phenoxy) is 1. The second-order valence-corrected chi connectivity index (χ2v) is 5.01. The third-order valence-electron chi connectivity index (χ3n) is 2.66. The molecule has 7 heteroatoms. The average molecular weight is 339 g/mol. The predicted molar refractivity (Wildman–Crippen MR) is 84.6 cm³/mol. The van der Waals surface area contributed by atoms with Gasteiger partial charge in [0, 0.05) is 5.69 Å². The second-order valence-electron chi connectivity index (χ2n) is 4.22. The summed E-state index contributed by atoms with van der Waals surface area (Å²) in [5.74, 6) is -0.981. The molecule has 0 aliphatic rings. The zero-order valence-electron chi connectivity index (χ0n) is 11.6. The first-order valence-electron chi connectivity index (χ1n) is 6.42. The van der Waals surface area contributed by atoms with E-state index in [2.05, 4.69) is 10.3 Å². The van der Waals surface area contributed by atoms with E-state index in [0.717, 1.165) is 0 Å². The highest BCUT2D eigenvalue weighted by Crippen LogP contribution is 2.19. The lowest BCUT2D eigenvalue weighted by Gasteiger charge is -2.08. The number of hydrogen-bond donors (Lipinski definition) is 1. The van der Waals surface area contributed by atoms with Crippen LogP contribution < -0.4 is 5.32 Å². The number of benzene rings is 1. The first-order chi connectivity index (χ1) is 10.5. The molecule has 22 heavy (non-hydrogen) atoms. The highest BCUT2D eigenvalue weighted by molar-refractivity contribution is 6.35. The molecule has 0 saturated carbocycles. The molecule has 0 bridgehead atoms. The summed E-state index contributed by atoms with van der Waals surface area (Å²) < 4.78 is 4.90. The largest absolute Gasteiger partial charge is 0.462 e. The normalized spacial score (nSPS) is 10.1. The highest BCUT2D eigenvalue weighted by atomic mass is 35.5. The van der Waals surface area contributed by atoms with Crippen LogP contribution in [0.2, 0.25) is 10.2 Å². The summed E-state index contributed by atoms with van der Waals surface area (Å²) in [5, 5.41) is 2.96. The zero-order valence-corrected chi connectivity index (χ0v) is 13.1. The fourth-order valence-corrected chi connectivity index (χ4v) is 2.04. The SMILES string of the molecule is CCOC(=O)c1cccc(NC(=O)c2nc(Cl)ccc2Cl)c1. The molecule has 0 fully saturated rings. The molecule has 0 saturated heterocycles. The van der Waals surface area contributed by atoms with E-state index in [4.69, 9.17) is 27.9 Å². The van der Waals surface area contributed by atoms with Gasteiger partial charge in [0.25, 0.3) is 5.91 Å². The molecule has 5 nitrogen and oxygen atoms in total. The van der Waals surface area contributed by atoms with Crippen LogP contribution in [-0.4, -0.2) is 23.5 Å². The smallest absolute Gasteiger partial charge is 0.338 e. The molecule has 0 aliphatic carbocycles. The van der Waals surface area contributed by atoms with Crippen molar-refractivity contribution in [1.29, 1.82) is 0 Å². The summed E-state index contributed by atoms with van der Waals surface area (Å²) in [6.45, 7) is 1.99. The Morgan fingerprint density at radius 1 is 1.23 bits per heavy atom. The standard InChI is InChI=1S/C15H12Cl2N2O3/c1-2-22-15(21)9-4-3-5-10(8-9)18-14(20)13-11(16)6-7-12(17)19-13/h3-8H,2H2,1H3,(H,18,20). The molecule has 1 aromatic carbocycles. The summed E-state index contributed by atoms with van der Waals surface area (Å²) in [6, 6.07) is 9.35. The fraction of sp³-hybridized carbons (Fsp3) is 0.133. The monoisotopic (exact) mass is 338 g/mol. The van der Waals surface area contributed by atoms with Gasteiger partial charge in [0.2, 0.25) is 0 Å². The second kappa shape index (κ2) is 7.24. The number of carbonyl (C=O) groups is 2. The van der Waals surface area contributed by atoms with Gasteiger partial charge in [0.1, 0.15) is 10.8 Å². The number of carbonyl (C=O) groups excluding carboxylic acids is 2. The van der Waals surface area contributed by atoms with Gasteiger partial charge in [-0.25, -0.2) is 9.78 Å². The number of esters is 1. The Bertz CT molecular complexity index is 720. The van der Waals surface area contributed by atoms with Crippen LogP contribution in [0.5, 0.6) is 0 Å². The third-order valence-corrected chi connectivity index (χ3v) is 3.17. The van der Waals surface area contributed by atoms with Crippen molar-refractivity contribution in [2.24, 2.45) is 0 Å². The van der Waals surface area contributed by atoms with Gasteiger partial charge in [-0.05, 0) is 37.3 Å². The number of amides is 1. The highest BCUT2D eigenvalue weighted by Gasteiger charge is 2.14. The molecule has 1 aromatic heterocycles. The Morgan fingerprint density at radius 3 is 2.73 bits per heavy atom. The minimum absolute atomic E-state index is 0.00991. The summed E-state index contributed by atoms with van der Waals surface area (Å²) >= 11 is 11.7. The van der Waals surface area contributed by atoms with Crippen LogP contribution in [0.15, 0.2) is 36.4 Å². The number of rotatable bonds is 4. The lowest BCUT2D eigenvalue weighted by atomic mass is 10.2. The average Bonchev–Trinajstić information content (AvgIpc) is 2.50. The lowest BCUT2D eigenvalue weighted by molar-refractivity contribution is 0.0526. The van der Waals surface area contributed by atoms with E-state index in [1.807, 2.05) is 0 Å². The van der Waals surface area contributed by atoms with E-state index in [-0.39, 0.29) is 22.5 Å². The van der Waals surface area contributed by atoms with Gasteiger partial charge >= 0.3 is 5.97 Å². The van der Waals surface area contributed by atoms with Gasteiger partial charge in [-0.3, -0.25) is 4.79 Å². The number of pyridine rings is 1. The molecule has 1 heterocycles. The number of hydrogen-bond acceptors (Lipinski definition) is 4. The van der Waals surface area contributed by atoms with E-state index in [1.54, 1.807) is 25.1 Å². The Morgan fingerprint density at radius 2 is 2.00 bits per heavy atom. The van der Waals surface area contributed by atoms with Crippen molar-refractivity contribution in [1.82, 2.24) is 4.98 Å². The Labute approximate surface area is 137 Å².